The molecule has 0 aliphatic rings. The Bertz CT molecular complexity index is 1140. The minimum atomic E-state index is -1.30. The number of aliphatic imine (C=N–C) groups is 1. The second-order valence-electron chi connectivity index (χ2n) is 5.43. The average Bonchev–Trinajstić information content (AvgIpc) is 3.11. The van der Waals surface area contributed by atoms with Crippen LogP contribution < -0.4 is 11.2 Å². The van der Waals surface area contributed by atoms with Gasteiger partial charge in [-0.1, -0.05) is 0 Å². The van der Waals surface area contributed by atoms with Gasteiger partial charge in [0.2, 0.25) is 5.88 Å². The first kappa shape index (κ1) is 17.7. The third kappa shape index (κ3) is 3.63. The van der Waals surface area contributed by atoms with Crippen LogP contribution in [0, 0.1) is 0 Å². The SMILES string of the molecule is O=C(O)c1ccc(N=Cc2c(O)n(Cc3ccco3)c(=O)[nH]c2=O)cc1O. The van der Waals surface area contributed by atoms with Gasteiger partial charge in [-0.3, -0.25) is 19.3 Å². The van der Waals surface area contributed by atoms with Gasteiger partial charge in [-0.25, -0.2) is 9.59 Å². The van der Waals surface area contributed by atoms with E-state index >= 15 is 0 Å². The summed E-state index contributed by atoms with van der Waals surface area (Å²) in [5.41, 5.74) is -2.14. The zero-order valence-electron chi connectivity index (χ0n) is 13.6. The molecule has 138 valence electrons. The summed E-state index contributed by atoms with van der Waals surface area (Å²) in [5.74, 6) is -2.04. The maximum absolute atomic E-state index is 12.0. The average molecular weight is 371 g/mol. The van der Waals surface area contributed by atoms with Crippen LogP contribution in [0.25, 0.3) is 0 Å². The number of hydrogen-bond acceptors (Lipinski definition) is 7. The van der Waals surface area contributed by atoms with Crippen molar-refractivity contribution in [3.05, 3.63) is 74.3 Å². The van der Waals surface area contributed by atoms with E-state index in [1.165, 1.54) is 12.3 Å². The standard InChI is InChI=1S/C17H13N3O7/c21-13-6-9(3-4-11(13)16(24)25)18-7-12-14(22)19-17(26)20(15(12)23)8-10-2-1-5-27-10/h1-7,21,23H,8H2,(H,24,25)(H,19,22,26). The fourth-order valence-electron chi connectivity index (χ4n) is 2.32. The summed E-state index contributed by atoms with van der Waals surface area (Å²) >= 11 is 0. The topological polar surface area (TPSA) is 158 Å². The first-order chi connectivity index (χ1) is 12.9. The molecule has 0 fully saturated rings. The zero-order valence-corrected chi connectivity index (χ0v) is 13.6. The molecule has 10 heteroatoms. The van der Waals surface area contributed by atoms with Crippen LogP contribution in [0.1, 0.15) is 21.7 Å². The fourth-order valence-corrected chi connectivity index (χ4v) is 2.32. The molecule has 1 aromatic carbocycles. The lowest BCUT2D eigenvalue weighted by molar-refractivity contribution is 0.0694. The summed E-state index contributed by atoms with van der Waals surface area (Å²) in [7, 11) is 0. The molecule has 0 atom stereocenters. The van der Waals surface area contributed by atoms with E-state index in [2.05, 4.69) is 9.98 Å². The molecule has 0 amide bonds. The van der Waals surface area contributed by atoms with E-state index in [0.29, 0.717) is 5.76 Å². The Morgan fingerprint density at radius 1 is 1.26 bits per heavy atom. The molecule has 4 N–H and O–H groups in total. The molecule has 0 spiro atoms. The Morgan fingerprint density at radius 2 is 2.04 bits per heavy atom. The Labute approximate surface area is 150 Å². The van der Waals surface area contributed by atoms with Crippen molar-refractivity contribution in [1.29, 1.82) is 0 Å². The Balaban J connectivity index is 1.98. The highest BCUT2D eigenvalue weighted by atomic mass is 16.4. The Morgan fingerprint density at radius 3 is 2.67 bits per heavy atom. The van der Waals surface area contributed by atoms with Gasteiger partial charge < -0.3 is 19.7 Å². The Hall–Kier alpha value is -4.08. The number of nitrogens with zero attached hydrogens (tertiary/aromatic N) is 2. The summed E-state index contributed by atoms with van der Waals surface area (Å²) < 4.78 is 6.01. The van der Waals surface area contributed by atoms with E-state index < -0.39 is 28.8 Å². The quantitative estimate of drug-likeness (QED) is 0.488. The van der Waals surface area contributed by atoms with Crippen molar-refractivity contribution in [3.8, 4) is 11.6 Å². The number of aromatic hydroxyl groups is 2. The lowest BCUT2D eigenvalue weighted by atomic mass is 10.2. The number of aromatic nitrogens is 2. The molecule has 2 aromatic heterocycles. The predicted octanol–water partition coefficient (Wildman–Crippen LogP) is 1.04. The molecule has 0 saturated heterocycles. The van der Waals surface area contributed by atoms with Crippen LogP contribution in [0.4, 0.5) is 5.69 Å². The maximum Gasteiger partial charge on any atom is 0.339 e. The number of aromatic amines is 1. The fraction of sp³-hybridized carbons (Fsp3) is 0.0588. The Kier molecular flexibility index (Phi) is 4.62. The number of H-pyrrole nitrogens is 1. The number of hydrogen-bond donors (Lipinski definition) is 4. The number of rotatable bonds is 5. The lowest BCUT2D eigenvalue weighted by Crippen LogP contribution is -2.32. The van der Waals surface area contributed by atoms with Gasteiger partial charge >= 0.3 is 11.7 Å². The molecule has 0 radical (unpaired) electrons. The van der Waals surface area contributed by atoms with Gasteiger partial charge in [-0.05, 0) is 24.3 Å². The molecule has 10 nitrogen and oxygen atoms in total. The van der Waals surface area contributed by atoms with Crippen LogP contribution in [0.15, 0.2) is 55.6 Å². The third-order valence-corrected chi connectivity index (χ3v) is 3.66. The number of phenols is 1. The molecule has 0 unspecified atom stereocenters. The summed E-state index contributed by atoms with van der Waals surface area (Å²) in [5, 5.41) is 28.8. The number of furan rings is 1. The van der Waals surface area contributed by atoms with Crippen LogP contribution in [0.3, 0.4) is 0 Å². The van der Waals surface area contributed by atoms with E-state index in [4.69, 9.17) is 9.52 Å². The highest BCUT2D eigenvalue weighted by Crippen LogP contribution is 2.24. The van der Waals surface area contributed by atoms with Gasteiger partial charge in [0.1, 0.15) is 22.6 Å². The van der Waals surface area contributed by atoms with Crippen molar-refractivity contribution < 1.29 is 24.5 Å². The van der Waals surface area contributed by atoms with Crippen LogP contribution in [0.2, 0.25) is 0 Å². The van der Waals surface area contributed by atoms with E-state index in [-0.39, 0.29) is 23.4 Å². The van der Waals surface area contributed by atoms with Crippen molar-refractivity contribution >= 4 is 17.9 Å². The minimum absolute atomic E-state index is 0.108. The van der Waals surface area contributed by atoms with Crippen LogP contribution in [-0.4, -0.2) is 37.1 Å². The minimum Gasteiger partial charge on any atom is -0.507 e. The summed E-state index contributed by atoms with van der Waals surface area (Å²) in [4.78, 5) is 40.8. The van der Waals surface area contributed by atoms with Gasteiger partial charge in [0, 0.05) is 12.3 Å². The predicted molar refractivity (Wildman–Crippen MR) is 93.1 cm³/mol. The largest absolute Gasteiger partial charge is 0.507 e. The smallest absolute Gasteiger partial charge is 0.339 e. The summed E-state index contributed by atoms with van der Waals surface area (Å²) in [6.45, 7) is -0.108. The van der Waals surface area contributed by atoms with E-state index in [1.54, 1.807) is 12.1 Å². The third-order valence-electron chi connectivity index (χ3n) is 3.66. The molecule has 3 aromatic rings. The zero-order chi connectivity index (χ0) is 19.6. The molecular formula is C17H13N3O7. The molecule has 0 bridgehead atoms. The van der Waals surface area contributed by atoms with Crippen molar-refractivity contribution in [3.63, 3.8) is 0 Å². The van der Waals surface area contributed by atoms with Crippen LogP contribution >= 0.6 is 0 Å². The van der Waals surface area contributed by atoms with E-state index in [0.717, 1.165) is 22.9 Å². The van der Waals surface area contributed by atoms with Crippen molar-refractivity contribution in [2.45, 2.75) is 6.54 Å². The normalized spacial score (nSPS) is 11.1. The van der Waals surface area contributed by atoms with Gasteiger partial charge in [-0.2, -0.15) is 0 Å². The van der Waals surface area contributed by atoms with Gasteiger partial charge in [0.15, 0.2) is 0 Å². The number of aromatic carboxylic acids is 1. The van der Waals surface area contributed by atoms with Gasteiger partial charge in [-0.15, -0.1) is 0 Å². The second kappa shape index (κ2) is 7.04. The molecular weight excluding hydrogens is 358 g/mol. The van der Waals surface area contributed by atoms with Crippen molar-refractivity contribution in [1.82, 2.24) is 9.55 Å². The van der Waals surface area contributed by atoms with Crippen molar-refractivity contribution in [2.24, 2.45) is 4.99 Å². The van der Waals surface area contributed by atoms with Crippen molar-refractivity contribution in [2.75, 3.05) is 0 Å². The van der Waals surface area contributed by atoms with Crippen LogP contribution in [0.5, 0.6) is 11.6 Å². The van der Waals surface area contributed by atoms with E-state index in [1.807, 2.05) is 0 Å². The monoisotopic (exact) mass is 371 g/mol. The summed E-state index contributed by atoms with van der Waals surface area (Å²) in [6.07, 6.45) is 2.40. The number of benzene rings is 1. The number of carboxylic acid groups (broad SMARTS) is 1. The highest BCUT2D eigenvalue weighted by Gasteiger charge is 2.14. The van der Waals surface area contributed by atoms with Gasteiger partial charge in [0.25, 0.3) is 5.56 Å². The van der Waals surface area contributed by atoms with Gasteiger partial charge in [0.05, 0.1) is 18.5 Å². The highest BCUT2D eigenvalue weighted by molar-refractivity contribution is 5.91. The summed E-state index contributed by atoms with van der Waals surface area (Å²) in [6, 6.07) is 6.75. The van der Waals surface area contributed by atoms with E-state index in [9.17, 15) is 24.6 Å². The molecule has 2 heterocycles. The second-order valence-corrected chi connectivity index (χ2v) is 5.43. The first-order valence-electron chi connectivity index (χ1n) is 7.55. The number of nitrogens with one attached hydrogen (secondary N) is 1. The number of carboxylic acids is 1. The molecule has 3 rings (SSSR count). The maximum atomic E-state index is 12.0. The lowest BCUT2D eigenvalue weighted by Gasteiger charge is -2.07. The molecule has 27 heavy (non-hydrogen) atoms. The number of carbonyl (C=O) groups is 1. The molecule has 0 saturated carbocycles. The first-order valence-corrected chi connectivity index (χ1v) is 7.55. The molecule has 0 aliphatic heterocycles. The molecule has 0 aliphatic carbocycles. The van der Waals surface area contributed by atoms with Crippen LogP contribution in [-0.2, 0) is 6.54 Å².